The number of hydrogen-bond donors (Lipinski definition) is 3. The molecule has 0 spiro atoms. The van der Waals surface area contributed by atoms with Gasteiger partial charge in [-0.2, -0.15) is 0 Å². The van der Waals surface area contributed by atoms with Gasteiger partial charge in [0.2, 0.25) is 17.7 Å². The Morgan fingerprint density at radius 3 is 2.50 bits per heavy atom. The van der Waals surface area contributed by atoms with Gasteiger partial charge in [-0.1, -0.05) is 39.0 Å². The van der Waals surface area contributed by atoms with E-state index < -0.39 is 12.0 Å². The quantitative estimate of drug-likeness (QED) is 0.581. The van der Waals surface area contributed by atoms with Crippen molar-refractivity contribution >= 4 is 17.7 Å². The van der Waals surface area contributed by atoms with Crippen molar-refractivity contribution in [2.24, 2.45) is 17.6 Å². The van der Waals surface area contributed by atoms with Gasteiger partial charge in [-0.3, -0.25) is 14.4 Å². The summed E-state index contributed by atoms with van der Waals surface area (Å²) in [5.74, 6) is -0.155. The van der Waals surface area contributed by atoms with Gasteiger partial charge in [0.05, 0.1) is 12.1 Å². The SMILES string of the molecule is CC(CCC(=O)NC1CCCN(C(=O)CCC2CCCCC2)C[C@@H]1O)C(N)=O. The van der Waals surface area contributed by atoms with Gasteiger partial charge in [0.1, 0.15) is 0 Å². The number of nitrogens with zero attached hydrogens (tertiary/aromatic N) is 1. The number of hydrogen-bond acceptors (Lipinski definition) is 4. The van der Waals surface area contributed by atoms with Gasteiger partial charge in [0.25, 0.3) is 0 Å². The molecule has 0 bridgehead atoms. The highest BCUT2D eigenvalue weighted by Gasteiger charge is 2.29. The maximum atomic E-state index is 12.6. The third-order valence-corrected chi connectivity index (χ3v) is 6.30. The van der Waals surface area contributed by atoms with Crippen molar-refractivity contribution in [2.75, 3.05) is 13.1 Å². The zero-order valence-corrected chi connectivity index (χ0v) is 17.2. The third kappa shape index (κ3) is 7.41. The molecule has 1 heterocycles. The van der Waals surface area contributed by atoms with Crippen LogP contribution in [0, 0.1) is 11.8 Å². The van der Waals surface area contributed by atoms with Crippen molar-refractivity contribution in [2.45, 2.75) is 89.7 Å². The average molecular weight is 396 g/mol. The van der Waals surface area contributed by atoms with Crippen LogP contribution >= 0.6 is 0 Å². The molecular formula is C21H37N3O4. The van der Waals surface area contributed by atoms with Crippen molar-refractivity contribution in [1.29, 1.82) is 0 Å². The lowest BCUT2D eigenvalue weighted by molar-refractivity contribution is -0.132. The van der Waals surface area contributed by atoms with Crippen LogP contribution in [0.4, 0.5) is 0 Å². The number of nitrogens with one attached hydrogen (secondary N) is 1. The lowest BCUT2D eigenvalue weighted by atomic mass is 9.86. The van der Waals surface area contributed by atoms with Gasteiger partial charge in [-0.15, -0.1) is 0 Å². The topological polar surface area (TPSA) is 113 Å². The molecular weight excluding hydrogens is 358 g/mol. The molecule has 0 aromatic carbocycles. The van der Waals surface area contributed by atoms with Crippen LogP contribution in [0.2, 0.25) is 0 Å². The standard InChI is InChI=1S/C21H37N3O4/c1-15(21(22)28)9-11-19(26)23-17-8-5-13-24(14-18(17)25)20(27)12-10-16-6-3-2-4-7-16/h15-18,25H,2-14H2,1H3,(H2,22,28)(H,23,26)/t15?,17?,18-/m0/s1. The molecule has 0 radical (unpaired) electrons. The van der Waals surface area contributed by atoms with Crippen LogP contribution < -0.4 is 11.1 Å². The van der Waals surface area contributed by atoms with Gasteiger partial charge in [-0.25, -0.2) is 0 Å². The van der Waals surface area contributed by atoms with Crippen molar-refractivity contribution in [3.8, 4) is 0 Å². The van der Waals surface area contributed by atoms with Crippen LogP contribution in [0.3, 0.4) is 0 Å². The van der Waals surface area contributed by atoms with Gasteiger partial charge in [-0.05, 0) is 31.6 Å². The van der Waals surface area contributed by atoms with Gasteiger partial charge in [0, 0.05) is 31.8 Å². The van der Waals surface area contributed by atoms with Crippen molar-refractivity contribution in [3.63, 3.8) is 0 Å². The normalized spacial score (nSPS) is 25.0. The molecule has 0 aromatic heterocycles. The molecule has 7 heteroatoms. The fourth-order valence-electron chi connectivity index (χ4n) is 4.26. The number of carbonyl (C=O) groups excluding carboxylic acids is 3. The minimum atomic E-state index is -0.765. The number of aliphatic hydroxyl groups excluding tert-OH is 1. The van der Waals surface area contributed by atoms with Crippen LogP contribution in [0.25, 0.3) is 0 Å². The summed E-state index contributed by atoms with van der Waals surface area (Å²) in [6.07, 6.45) is 9.09. The molecule has 4 N–H and O–H groups in total. The maximum absolute atomic E-state index is 12.6. The minimum absolute atomic E-state index is 0.117. The second-order valence-electron chi connectivity index (χ2n) is 8.61. The summed E-state index contributed by atoms with van der Waals surface area (Å²) < 4.78 is 0. The number of nitrogens with two attached hydrogens (primary N) is 1. The number of likely N-dealkylation sites (tertiary alicyclic amines) is 1. The molecule has 1 saturated carbocycles. The number of primary amides is 1. The van der Waals surface area contributed by atoms with Crippen molar-refractivity contribution in [3.05, 3.63) is 0 Å². The molecule has 1 aliphatic carbocycles. The molecule has 28 heavy (non-hydrogen) atoms. The van der Waals surface area contributed by atoms with E-state index in [4.69, 9.17) is 5.73 Å². The first kappa shape index (κ1) is 22.7. The maximum Gasteiger partial charge on any atom is 0.222 e. The Bertz CT molecular complexity index is 534. The number of β-amino-alcohol motifs (C(OH)–C–C–N with tert-alkyl or cyclic N) is 1. The Morgan fingerprint density at radius 2 is 1.82 bits per heavy atom. The first-order chi connectivity index (χ1) is 13.4. The number of aliphatic hydroxyl groups is 1. The van der Waals surface area contributed by atoms with Crippen molar-refractivity contribution < 1.29 is 19.5 Å². The van der Waals surface area contributed by atoms with E-state index in [0.717, 1.165) is 12.8 Å². The van der Waals surface area contributed by atoms with E-state index in [1.807, 2.05) is 0 Å². The summed E-state index contributed by atoms with van der Waals surface area (Å²) in [4.78, 5) is 37.6. The van der Waals surface area contributed by atoms with E-state index >= 15 is 0 Å². The lowest BCUT2D eigenvalue weighted by Crippen LogP contribution is -2.47. The highest BCUT2D eigenvalue weighted by Crippen LogP contribution is 2.27. The molecule has 3 amide bonds. The van der Waals surface area contributed by atoms with Crippen LogP contribution in [-0.4, -0.2) is 53.0 Å². The Hall–Kier alpha value is -1.63. The van der Waals surface area contributed by atoms with Crippen LogP contribution in [0.1, 0.15) is 77.6 Å². The van der Waals surface area contributed by atoms with E-state index in [-0.39, 0.29) is 36.7 Å². The zero-order chi connectivity index (χ0) is 20.5. The van der Waals surface area contributed by atoms with E-state index in [0.29, 0.717) is 31.7 Å². The first-order valence-corrected chi connectivity index (χ1v) is 10.9. The van der Waals surface area contributed by atoms with Gasteiger partial charge < -0.3 is 21.1 Å². The number of carbonyl (C=O) groups is 3. The van der Waals surface area contributed by atoms with Gasteiger partial charge in [0.15, 0.2) is 0 Å². The second-order valence-corrected chi connectivity index (χ2v) is 8.61. The first-order valence-electron chi connectivity index (χ1n) is 10.9. The predicted octanol–water partition coefficient (Wildman–Crippen LogP) is 1.72. The zero-order valence-electron chi connectivity index (χ0n) is 17.2. The summed E-state index contributed by atoms with van der Waals surface area (Å²) in [6.45, 7) is 2.60. The molecule has 2 rings (SSSR count). The van der Waals surface area contributed by atoms with Crippen molar-refractivity contribution in [1.82, 2.24) is 10.2 Å². The van der Waals surface area contributed by atoms with Crippen LogP contribution in [0.15, 0.2) is 0 Å². The molecule has 1 aliphatic heterocycles. The fraction of sp³-hybridized carbons (Fsp3) is 0.857. The highest BCUT2D eigenvalue weighted by atomic mass is 16.3. The summed E-state index contributed by atoms with van der Waals surface area (Å²) in [5, 5.41) is 13.4. The molecule has 1 saturated heterocycles. The molecule has 7 nitrogen and oxygen atoms in total. The van der Waals surface area contributed by atoms with E-state index in [1.165, 1.54) is 32.1 Å². The summed E-state index contributed by atoms with van der Waals surface area (Å²) in [7, 11) is 0. The summed E-state index contributed by atoms with van der Waals surface area (Å²) in [6, 6.07) is -0.354. The largest absolute Gasteiger partial charge is 0.389 e. The molecule has 2 aliphatic rings. The van der Waals surface area contributed by atoms with Crippen LogP contribution in [0.5, 0.6) is 0 Å². The summed E-state index contributed by atoms with van der Waals surface area (Å²) in [5.41, 5.74) is 5.22. The number of rotatable bonds is 8. The predicted molar refractivity (Wildman–Crippen MR) is 107 cm³/mol. The Morgan fingerprint density at radius 1 is 1.11 bits per heavy atom. The lowest BCUT2D eigenvalue weighted by Gasteiger charge is -2.27. The van der Waals surface area contributed by atoms with E-state index in [9.17, 15) is 19.5 Å². The van der Waals surface area contributed by atoms with E-state index in [1.54, 1.807) is 11.8 Å². The number of amides is 3. The molecule has 160 valence electrons. The fourth-order valence-corrected chi connectivity index (χ4v) is 4.26. The minimum Gasteiger partial charge on any atom is -0.389 e. The molecule has 2 fully saturated rings. The summed E-state index contributed by atoms with van der Waals surface area (Å²) >= 11 is 0. The second kappa shape index (κ2) is 11.4. The molecule has 0 aromatic rings. The Kier molecular flexibility index (Phi) is 9.22. The van der Waals surface area contributed by atoms with E-state index in [2.05, 4.69) is 5.32 Å². The Labute approximate surface area is 168 Å². The smallest absolute Gasteiger partial charge is 0.222 e. The monoisotopic (exact) mass is 395 g/mol. The van der Waals surface area contributed by atoms with Crippen LogP contribution in [-0.2, 0) is 14.4 Å². The Balaban J connectivity index is 1.75. The van der Waals surface area contributed by atoms with Gasteiger partial charge >= 0.3 is 0 Å². The average Bonchev–Trinajstić information content (AvgIpc) is 2.86. The molecule has 2 unspecified atom stereocenters. The molecule has 3 atom stereocenters. The highest BCUT2D eigenvalue weighted by molar-refractivity contribution is 5.79. The third-order valence-electron chi connectivity index (χ3n) is 6.30.